The van der Waals surface area contributed by atoms with Crippen molar-refractivity contribution in [2.45, 2.75) is 18.8 Å². The Morgan fingerprint density at radius 3 is 2.32 bits per heavy atom. The van der Waals surface area contributed by atoms with Crippen LogP contribution in [0.25, 0.3) is 55.7 Å². The average Bonchev–Trinajstić information content (AvgIpc) is 3.53. The third kappa shape index (κ3) is 3.81. The number of aromatic nitrogens is 1. The van der Waals surface area contributed by atoms with Crippen LogP contribution in [0.4, 0.5) is 0 Å². The monoisotopic (exact) mass is 657 g/mol. The minimum atomic E-state index is -0.230. The van der Waals surface area contributed by atoms with Gasteiger partial charge in [-0.25, -0.2) is 0 Å². The lowest BCUT2D eigenvalue weighted by atomic mass is 9.72. The molecule has 0 spiro atoms. The van der Waals surface area contributed by atoms with Gasteiger partial charge in [0.25, 0.3) is 0 Å². The zero-order chi connectivity index (χ0) is 27.7. The molecule has 1 unspecified atom stereocenters. The van der Waals surface area contributed by atoms with Gasteiger partial charge in [0.1, 0.15) is 11.2 Å². The maximum atomic E-state index is 6.23. The molecule has 0 saturated carbocycles. The predicted octanol–water partition coefficient (Wildman–Crippen LogP) is 11.4. The summed E-state index contributed by atoms with van der Waals surface area (Å²) in [6, 6.07) is 39.0. The largest absolute Gasteiger partial charge is 0.456 e. The van der Waals surface area contributed by atoms with Crippen molar-refractivity contribution >= 4 is 70.8 Å². The number of nitrogens with zero attached hydrogens (tertiary/aromatic N) is 1. The van der Waals surface area contributed by atoms with Crippen LogP contribution in [0, 0.1) is 0 Å². The molecule has 0 saturated heterocycles. The Labute approximate surface area is 255 Å². The molecule has 0 amide bonds. The van der Waals surface area contributed by atoms with E-state index < -0.39 is 0 Å². The van der Waals surface area contributed by atoms with Crippen molar-refractivity contribution in [3.05, 3.63) is 141 Å². The number of hydrogen-bond acceptors (Lipinski definition) is 1. The summed E-state index contributed by atoms with van der Waals surface area (Å²) in [5.41, 5.74) is 10.2. The Balaban J connectivity index is 1.38. The highest BCUT2D eigenvalue weighted by atomic mass is 79.9. The number of allylic oxidation sites excluding steroid dienone is 1. The fraction of sp³-hybridized carbons (Fsp3) is 0.0811. The van der Waals surface area contributed by atoms with Crippen molar-refractivity contribution in [2.75, 3.05) is 0 Å². The third-order valence-electron chi connectivity index (χ3n) is 8.59. The molecule has 7 aromatic rings. The molecular weight excluding hydrogens is 634 g/mol. The van der Waals surface area contributed by atoms with Crippen molar-refractivity contribution in [2.24, 2.45) is 0 Å². The highest BCUT2D eigenvalue weighted by Crippen LogP contribution is 2.49. The highest BCUT2D eigenvalue weighted by Gasteiger charge is 2.38. The van der Waals surface area contributed by atoms with Gasteiger partial charge < -0.3 is 8.98 Å². The van der Waals surface area contributed by atoms with Gasteiger partial charge in [0.15, 0.2) is 0 Å². The van der Waals surface area contributed by atoms with Crippen LogP contribution in [0.2, 0.25) is 0 Å². The van der Waals surface area contributed by atoms with E-state index in [9.17, 15) is 0 Å². The molecule has 2 nitrogen and oxygen atoms in total. The SMILES string of the molecule is CC1(c2ccc(Br)cc2Br)CC=Cc2c1n(-c1ccccc1)c1ccc(-c3ccc4c(c3)oc3ccccc34)cc21. The van der Waals surface area contributed by atoms with Crippen LogP contribution in [0.1, 0.15) is 30.2 Å². The van der Waals surface area contributed by atoms with E-state index in [0.717, 1.165) is 42.9 Å². The standard InChI is InChI=1S/C37H25Br2NO/c1-37(31-17-15-25(38)22-32(31)39)19-7-11-29-30-20-23(14-18-33(30)40(36(29)37)26-8-3-2-4-9-26)24-13-16-28-27-10-5-6-12-34(27)41-35(28)21-24/h2-18,20-22H,19H2,1H3. The summed E-state index contributed by atoms with van der Waals surface area (Å²) in [6.45, 7) is 2.37. The van der Waals surface area contributed by atoms with Gasteiger partial charge in [-0.2, -0.15) is 0 Å². The molecule has 2 heterocycles. The molecule has 1 aliphatic carbocycles. The summed E-state index contributed by atoms with van der Waals surface area (Å²) in [6.07, 6.45) is 5.57. The molecule has 198 valence electrons. The lowest BCUT2D eigenvalue weighted by Gasteiger charge is -2.35. The lowest BCUT2D eigenvalue weighted by molar-refractivity contribution is 0.544. The smallest absolute Gasteiger partial charge is 0.136 e. The molecule has 1 aliphatic rings. The summed E-state index contributed by atoms with van der Waals surface area (Å²) in [5.74, 6) is 0. The molecule has 41 heavy (non-hydrogen) atoms. The summed E-state index contributed by atoms with van der Waals surface area (Å²) in [4.78, 5) is 0. The molecule has 0 bridgehead atoms. The molecule has 4 heteroatoms. The van der Waals surface area contributed by atoms with E-state index >= 15 is 0 Å². The first kappa shape index (κ1) is 24.9. The van der Waals surface area contributed by atoms with Crippen molar-refractivity contribution in [3.63, 3.8) is 0 Å². The number of fused-ring (bicyclic) bond motifs is 6. The Bertz CT molecular complexity index is 2170. The second kappa shape index (κ2) is 9.34. The van der Waals surface area contributed by atoms with Gasteiger partial charge in [-0.15, -0.1) is 0 Å². The van der Waals surface area contributed by atoms with Gasteiger partial charge in [0, 0.05) is 47.5 Å². The molecule has 8 rings (SSSR count). The minimum absolute atomic E-state index is 0.230. The summed E-state index contributed by atoms with van der Waals surface area (Å²) in [7, 11) is 0. The molecular formula is C37H25Br2NO. The quantitative estimate of drug-likeness (QED) is 0.185. The molecule has 5 aromatic carbocycles. The lowest BCUT2D eigenvalue weighted by Crippen LogP contribution is -2.29. The number of para-hydroxylation sites is 2. The van der Waals surface area contributed by atoms with E-state index in [-0.39, 0.29) is 5.41 Å². The number of halogens is 2. The number of hydrogen-bond donors (Lipinski definition) is 0. The van der Waals surface area contributed by atoms with Gasteiger partial charge in [-0.1, -0.05) is 98.6 Å². The molecule has 0 aliphatic heterocycles. The fourth-order valence-electron chi connectivity index (χ4n) is 6.64. The number of furan rings is 1. The predicted molar refractivity (Wildman–Crippen MR) is 178 cm³/mol. The fourth-order valence-corrected chi connectivity index (χ4v) is 8.13. The van der Waals surface area contributed by atoms with Crippen LogP contribution in [0.5, 0.6) is 0 Å². The second-order valence-electron chi connectivity index (χ2n) is 11.0. The summed E-state index contributed by atoms with van der Waals surface area (Å²) < 4.78 is 10.9. The van der Waals surface area contributed by atoms with Crippen LogP contribution >= 0.6 is 31.9 Å². The van der Waals surface area contributed by atoms with Crippen molar-refractivity contribution < 1.29 is 4.42 Å². The van der Waals surface area contributed by atoms with Crippen molar-refractivity contribution in [3.8, 4) is 16.8 Å². The molecule has 0 N–H and O–H groups in total. The van der Waals surface area contributed by atoms with Gasteiger partial charge in [0.05, 0.1) is 5.52 Å². The maximum absolute atomic E-state index is 6.23. The first-order valence-electron chi connectivity index (χ1n) is 13.8. The van der Waals surface area contributed by atoms with Crippen LogP contribution < -0.4 is 0 Å². The second-order valence-corrected chi connectivity index (χ2v) is 12.8. The average molecular weight is 659 g/mol. The van der Waals surface area contributed by atoms with Gasteiger partial charge in [-0.3, -0.25) is 0 Å². The van der Waals surface area contributed by atoms with E-state index in [4.69, 9.17) is 4.42 Å². The Hall–Kier alpha value is -3.86. The minimum Gasteiger partial charge on any atom is -0.456 e. The Morgan fingerprint density at radius 2 is 1.46 bits per heavy atom. The summed E-state index contributed by atoms with van der Waals surface area (Å²) >= 11 is 7.54. The highest BCUT2D eigenvalue weighted by molar-refractivity contribution is 9.11. The van der Waals surface area contributed by atoms with Crippen molar-refractivity contribution in [1.82, 2.24) is 4.57 Å². The zero-order valence-corrected chi connectivity index (χ0v) is 25.5. The van der Waals surface area contributed by atoms with E-state index in [1.807, 2.05) is 12.1 Å². The van der Waals surface area contributed by atoms with Crippen LogP contribution in [-0.2, 0) is 5.41 Å². The molecule has 0 fully saturated rings. The number of benzene rings is 5. The zero-order valence-electron chi connectivity index (χ0n) is 22.4. The molecule has 1 atom stereocenters. The Morgan fingerprint density at radius 1 is 0.707 bits per heavy atom. The first-order chi connectivity index (χ1) is 20.0. The van der Waals surface area contributed by atoms with Crippen LogP contribution in [0.15, 0.2) is 129 Å². The van der Waals surface area contributed by atoms with E-state index in [2.05, 4.69) is 153 Å². The van der Waals surface area contributed by atoms with E-state index in [1.165, 1.54) is 39.0 Å². The molecule has 2 aromatic heterocycles. The van der Waals surface area contributed by atoms with Crippen molar-refractivity contribution in [1.29, 1.82) is 0 Å². The van der Waals surface area contributed by atoms with E-state index in [0.29, 0.717) is 0 Å². The normalized spacial score (nSPS) is 16.6. The van der Waals surface area contributed by atoms with E-state index in [1.54, 1.807) is 0 Å². The number of rotatable bonds is 3. The topological polar surface area (TPSA) is 18.1 Å². The van der Waals surface area contributed by atoms with Gasteiger partial charge in [-0.05, 0) is 84.6 Å². The van der Waals surface area contributed by atoms with Gasteiger partial charge >= 0.3 is 0 Å². The first-order valence-corrected chi connectivity index (χ1v) is 15.4. The van der Waals surface area contributed by atoms with Crippen LogP contribution in [-0.4, -0.2) is 4.57 Å². The molecule has 0 radical (unpaired) electrons. The maximum Gasteiger partial charge on any atom is 0.136 e. The Kier molecular flexibility index (Phi) is 5.67. The summed E-state index contributed by atoms with van der Waals surface area (Å²) in [5, 5.41) is 3.56. The van der Waals surface area contributed by atoms with Crippen LogP contribution in [0.3, 0.4) is 0 Å². The third-order valence-corrected chi connectivity index (χ3v) is 9.74. The van der Waals surface area contributed by atoms with Gasteiger partial charge in [0.2, 0.25) is 0 Å².